The molecule has 0 saturated carbocycles. The maximum absolute atomic E-state index is 13.2. The number of hydrogen-bond acceptors (Lipinski definition) is 6. The van der Waals surface area contributed by atoms with Crippen LogP contribution in [0.1, 0.15) is 48.8 Å². The molecule has 1 fully saturated rings. The van der Waals surface area contributed by atoms with Crippen LogP contribution in [-0.4, -0.2) is 45.6 Å². The van der Waals surface area contributed by atoms with Gasteiger partial charge in [0.15, 0.2) is 5.82 Å². The quantitative estimate of drug-likeness (QED) is 0.819. The number of likely N-dealkylation sites (N-methyl/N-ethyl adjacent to an activating group) is 1. The second-order valence-electron chi connectivity index (χ2n) is 7.35. The molecule has 28 heavy (non-hydrogen) atoms. The third kappa shape index (κ3) is 3.16. The number of aromatic nitrogens is 2. The van der Waals surface area contributed by atoms with Crippen molar-refractivity contribution in [3.63, 3.8) is 0 Å². The van der Waals surface area contributed by atoms with Crippen LogP contribution in [0.3, 0.4) is 0 Å². The number of fused-ring (bicyclic) bond motifs is 3. The molecule has 9 heteroatoms. The first-order chi connectivity index (χ1) is 12.9. The molecular weight excluding hydrogens is 382 g/mol. The van der Waals surface area contributed by atoms with Crippen LogP contribution in [0, 0.1) is 0 Å². The van der Waals surface area contributed by atoms with E-state index >= 15 is 0 Å². The number of benzene rings is 1. The zero-order chi connectivity index (χ0) is 19.2. The second-order valence-corrected chi connectivity index (χ2v) is 7.35. The monoisotopic (exact) mass is 405 g/mol. The molecule has 2 atom stereocenters. The topological polar surface area (TPSA) is 91.6 Å². The van der Waals surface area contributed by atoms with Gasteiger partial charge in [-0.1, -0.05) is 17.3 Å². The largest absolute Gasteiger partial charge is 0.337 e. The number of carbonyl (C=O) groups excluding carboxylic acids is 2. The van der Waals surface area contributed by atoms with Crippen LogP contribution >= 0.6 is 12.4 Å². The molecule has 2 amide bonds. The van der Waals surface area contributed by atoms with Crippen LogP contribution in [0.25, 0.3) is 0 Å². The molecule has 0 aliphatic carbocycles. The minimum absolute atomic E-state index is 0. The minimum atomic E-state index is -0.727. The van der Waals surface area contributed by atoms with E-state index in [1.165, 1.54) is 0 Å². The highest BCUT2D eigenvalue weighted by molar-refractivity contribution is 6.10. The van der Waals surface area contributed by atoms with Crippen molar-refractivity contribution in [2.24, 2.45) is 0 Å². The third-order valence-corrected chi connectivity index (χ3v) is 5.53. The van der Waals surface area contributed by atoms with Crippen molar-refractivity contribution in [1.82, 2.24) is 20.4 Å². The molecule has 150 valence electrons. The number of anilines is 1. The summed E-state index contributed by atoms with van der Waals surface area (Å²) in [7, 11) is 1.88. The number of carbonyl (C=O) groups is 2. The van der Waals surface area contributed by atoms with E-state index < -0.39 is 5.66 Å². The summed E-state index contributed by atoms with van der Waals surface area (Å²) in [5.74, 6) is 0.877. The van der Waals surface area contributed by atoms with Crippen LogP contribution in [0.15, 0.2) is 28.8 Å². The van der Waals surface area contributed by atoms with E-state index in [9.17, 15) is 9.59 Å². The number of para-hydroxylation sites is 1. The highest BCUT2D eigenvalue weighted by atomic mass is 35.5. The molecule has 8 nitrogen and oxygen atoms in total. The number of nitrogens with zero attached hydrogens (tertiary/aromatic N) is 4. The van der Waals surface area contributed by atoms with Gasteiger partial charge in [0.1, 0.15) is 12.2 Å². The highest BCUT2D eigenvalue weighted by Gasteiger charge is 2.53. The summed E-state index contributed by atoms with van der Waals surface area (Å²) in [6, 6.07) is 7.46. The molecule has 3 heterocycles. The molecule has 2 aromatic rings. The zero-order valence-electron chi connectivity index (χ0n) is 16.1. The normalized spacial score (nSPS) is 22.0. The SMILES string of the molecule is CNC(C)Cc1noc(CN2C(=O)c3ccccc3N3C(=O)CCC23C)n1.Cl. The summed E-state index contributed by atoms with van der Waals surface area (Å²) in [4.78, 5) is 33.6. The van der Waals surface area contributed by atoms with Crippen molar-refractivity contribution < 1.29 is 14.1 Å². The first-order valence-corrected chi connectivity index (χ1v) is 9.17. The standard InChI is InChI=1S/C19H23N5O3.ClH/c1-12(20-3)10-15-21-16(27-22-15)11-23-18(26)13-6-4-5-7-14(13)24-17(25)8-9-19(23,24)2;/h4-7,12,20H,8-11H2,1-3H3;1H. The van der Waals surface area contributed by atoms with Gasteiger partial charge >= 0.3 is 0 Å². The molecule has 0 bridgehead atoms. The molecule has 2 unspecified atom stereocenters. The molecule has 0 spiro atoms. The van der Waals surface area contributed by atoms with Gasteiger partial charge in [0, 0.05) is 18.9 Å². The van der Waals surface area contributed by atoms with E-state index in [1.54, 1.807) is 15.9 Å². The van der Waals surface area contributed by atoms with Gasteiger partial charge in [0.25, 0.3) is 5.91 Å². The smallest absolute Gasteiger partial charge is 0.258 e. The van der Waals surface area contributed by atoms with E-state index in [1.807, 2.05) is 39.1 Å². The molecule has 2 aliphatic heterocycles. The summed E-state index contributed by atoms with van der Waals surface area (Å²) in [6.07, 6.45) is 1.62. The fourth-order valence-electron chi connectivity index (χ4n) is 3.89. The molecule has 4 rings (SSSR count). The van der Waals surface area contributed by atoms with Crippen molar-refractivity contribution in [1.29, 1.82) is 0 Å². The Kier molecular flexibility index (Phi) is 5.45. The van der Waals surface area contributed by atoms with Gasteiger partial charge in [-0.05, 0) is 39.4 Å². The Labute approximate surface area is 169 Å². The van der Waals surface area contributed by atoms with Crippen molar-refractivity contribution in [2.75, 3.05) is 11.9 Å². The summed E-state index contributed by atoms with van der Waals surface area (Å²) in [5, 5.41) is 7.15. The lowest BCUT2D eigenvalue weighted by atomic mass is 9.98. The number of hydrogen-bond donors (Lipinski definition) is 1. The summed E-state index contributed by atoms with van der Waals surface area (Å²) < 4.78 is 5.38. The van der Waals surface area contributed by atoms with Crippen LogP contribution in [-0.2, 0) is 17.8 Å². The van der Waals surface area contributed by atoms with Gasteiger partial charge in [0.2, 0.25) is 11.8 Å². The predicted octanol–water partition coefficient (Wildman–Crippen LogP) is 2.14. The van der Waals surface area contributed by atoms with Crippen LogP contribution < -0.4 is 10.2 Å². The van der Waals surface area contributed by atoms with E-state index in [4.69, 9.17) is 4.52 Å². The fourth-order valence-corrected chi connectivity index (χ4v) is 3.89. The molecule has 1 saturated heterocycles. The number of rotatable bonds is 5. The summed E-state index contributed by atoms with van der Waals surface area (Å²) in [5.41, 5.74) is 0.474. The van der Waals surface area contributed by atoms with Gasteiger partial charge < -0.3 is 14.7 Å². The lowest BCUT2D eigenvalue weighted by Gasteiger charge is -2.48. The van der Waals surface area contributed by atoms with Crippen molar-refractivity contribution in [2.45, 2.75) is 51.4 Å². The predicted molar refractivity (Wildman–Crippen MR) is 105 cm³/mol. The first kappa shape index (κ1) is 20.3. The lowest BCUT2D eigenvalue weighted by molar-refractivity contribution is -0.117. The van der Waals surface area contributed by atoms with Crippen molar-refractivity contribution in [3.8, 4) is 0 Å². The lowest BCUT2D eigenvalue weighted by Crippen LogP contribution is -2.61. The second kappa shape index (κ2) is 7.52. The van der Waals surface area contributed by atoms with E-state index in [0.717, 1.165) is 0 Å². The minimum Gasteiger partial charge on any atom is -0.337 e. The van der Waals surface area contributed by atoms with Crippen LogP contribution in [0.4, 0.5) is 5.69 Å². The molecule has 1 N–H and O–H groups in total. The molecule has 1 aromatic heterocycles. The summed E-state index contributed by atoms with van der Waals surface area (Å²) >= 11 is 0. The Morgan fingerprint density at radius 2 is 2.07 bits per heavy atom. The van der Waals surface area contributed by atoms with Gasteiger partial charge in [0.05, 0.1) is 11.3 Å². The Bertz CT molecular complexity index is 901. The first-order valence-electron chi connectivity index (χ1n) is 9.17. The van der Waals surface area contributed by atoms with Gasteiger partial charge in [-0.15, -0.1) is 12.4 Å². The van der Waals surface area contributed by atoms with Gasteiger partial charge in [-0.3, -0.25) is 14.5 Å². The zero-order valence-corrected chi connectivity index (χ0v) is 17.0. The molecule has 1 aromatic carbocycles. The van der Waals surface area contributed by atoms with Crippen LogP contribution in [0.5, 0.6) is 0 Å². The molecule has 2 aliphatic rings. The van der Waals surface area contributed by atoms with Crippen molar-refractivity contribution >= 4 is 29.9 Å². The number of amides is 2. The highest BCUT2D eigenvalue weighted by Crippen LogP contribution is 2.44. The molecular formula is C19H24ClN5O3. The molecule has 0 radical (unpaired) electrons. The van der Waals surface area contributed by atoms with Crippen molar-refractivity contribution in [3.05, 3.63) is 41.5 Å². The van der Waals surface area contributed by atoms with Crippen LogP contribution in [0.2, 0.25) is 0 Å². The average molecular weight is 406 g/mol. The van der Waals surface area contributed by atoms with E-state index in [-0.39, 0.29) is 36.8 Å². The van der Waals surface area contributed by atoms with Gasteiger partial charge in [-0.2, -0.15) is 4.98 Å². The Hall–Kier alpha value is -2.45. The maximum atomic E-state index is 13.2. The van der Waals surface area contributed by atoms with E-state index in [0.29, 0.717) is 42.2 Å². The Balaban J connectivity index is 0.00000225. The average Bonchev–Trinajstić information content (AvgIpc) is 3.23. The fraction of sp³-hybridized carbons (Fsp3) is 0.474. The third-order valence-electron chi connectivity index (χ3n) is 5.53. The number of halogens is 1. The number of nitrogens with one attached hydrogen (secondary N) is 1. The Morgan fingerprint density at radius 1 is 1.32 bits per heavy atom. The maximum Gasteiger partial charge on any atom is 0.258 e. The Morgan fingerprint density at radius 3 is 2.82 bits per heavy atom. The summed E-state index contributed by atoms with van der Waals surface area (Å²) in [6.45, 7) is 4.13. The van der Waals surface area contributed by atoms with E-state index in [2.05, 4.69) is 15.5 Å². The van der Waals surface area contributed by atoms with Gasteiger partial charge in [-0.25, -0.2) is 0 Å².